The average molecular weight is 237 g/mol. The molecule has 1 saturated carbocycles. The van der Waals surface area contributed by atoms with Gasteiger partial charge in [-0.3, -0.25) is 4.79 Å². The summed E-state index contributed by atoms with van der Waals surface area (Å²) in [6, 6.07) is 0.421. The van der Waals surface area contributed by atoms with Crippen LogP contribution in [0, 0.1) is 0 Å². The highest BCUT2D eigenvalue weighted by atomic mass is 16.3. The summed E-state index contributed by atoms with van der Waals surface area (Å²) in [6.45, 7) is 0.851. The van der Waals surface area contributed by atoms with E-state index < -0.39 is 0 Å². The summed E-state index contributed by atoms with van der Waals surface area (Å²) in [5.41, 5.74) is -0.0580. The second-order valence-electron chi connectivity index (χ2n) is 4.52. The highest BCUT2D eigenvalue weighted by molar-refractivity contribution is 5.37. The van der Waals surface area contributed by atoms with Crippen LogP contribution in [0.2, 0.25) is 0 Å². The van der Waals surface area contributed by atoms with Gasteiger partial charge in [0.05, 0.1) is 0 Å². The lowest BCUT2D eigenvalue weighted by Crippen LogP contribution is -2.44. The molecular formula is C12H19N3O2. The smallest absolute Gasteiger partial charge is 0.293 e. The van der Waals surface area contributed by atoms with Crippen molar-refractivity contribution < 1.29 is 5.11 Å². The molecule has 2 rings (SSSR count). The number of nitrogens with zero attached hydrogens (tertiary/aromatic N) is 3. The molecule has 0 radical (unpaired) electrons. The van der Waals surface area contributed by atoms with Gasteiger partial charge in [-0.05, 0) is 25.7 Å². The largest absolute Gasteiger partial charge is 0.396 e. The lowest BCUT2D eigenvalue weighted by atomic mass is 9.91. The third kappa shape index (κ3) is 2.49. The van der Waals surface area contributed by atoms with Crippen LogP contribution >= 0.6 is 0 Å². The zero-order valence-electron chi connectivity index (χ0n) is 10.2. The van der Waals surface area contributed by atoms with Crippen LogP contribution in [-0.2, 0) is 7.05 Å². The Bertz CT molecular complexity index is 426. The van der Waals surface area contributed by atoms with Crippen molar-refractivity contribution in [3.63, 3.8) is 0 Å². The van der Waals surface area contributed by atoms with Gasteiger partial charge < -0.3 is 14.6 Å². The van der Waals surface area contributed by atoms with Crippen LogP contribution < -0.4 is 10.5 Å². The van der Waals surface area contributed by atoms with Crippen LogP contribution in [0.25, 0.3) is 0 Å². The first kappa shape index (κ1) is 12.1. The first-order valence-corrected chi connectivity index (χ1v) is 6.13. The van der Waals surface area contributed by atoms with Crippen LogP contribution in [0.1, 0.15) is 25.7 Å². The van der Waals surface area contributed by atoms with Gasteiger partial charge in [0.1, 0.15) is 0 Å². The molecule has 1 aliphatic carbocycles. The fourth-order valence-corrected chi connectivity index (χ4v) is 2.08. The third-order valence-electron chi connectivity index (χ3n) is 3.34. The van der Waals surface area contributed by atoms with Gasteiger partial charge in [-0.1, -0.05) is 0 Å². The molecule has 1 fully saturated rings. The number of anilines is 1. The molecule has 0 aliphatic heterocycles. The summed E-state index contributed by atoms with van der Waals surface area (Å²) in [7, 11) is 1.73. The molecule has 0 amide bonds. The van der Waals surface area contributed by atoms with Crippen LogP contribution in [-0.4, -0.2) is 33.9 Å². The fraction of sp³-hybridized carbons (Fsp3) is 0.667. The summed E-state index contributed by atoms with van der Waals surface area (Å²) < 4.78 is 1.55. The minimum atomic E-state index is -0.0580. The summed E-state index contributed by atoms with van der Waals surface area (Å²) in [5, 5.41) is 8.93. The van der Waals surface area contributed by atoms with Gasteiger partial charge in [-0.2, -0.15) is 0 Å². The van der Waals surface area contributed by atoms with Crippen molar-refractivity contribution in [2.24, 2.45) is 7.05 Å². The zero-order valence-corrected chi connectivity index (χ0v) is 10.2. The molecule has 1 aromatic heterocycles. The first-order valence-electron chi connectivity index (χ1n) is 6.13. The highest BCUT2D eigenvalue weighted by Gasteiger charge is 2.27. The highest BCUT2D eigenvalue weighted by Crippen LogP contribution is 2.26. The maximum Gasteiger partial charge on any atom is 0.293 e. The molecule has 5 nitrogen and oxygen atoms in total. The first-order chi connectivity index (χ1) is 8.24. The number of aliphatic hydroxyl groups excluding tert-OH is 1. The lowest BCUT2D eigenvalue weighted by Gasteiger charge is -2.38. The molecule has 0 saturated heterocycles. The monoisotopic (exact) mass is 237 g/mol. The van der Waals surface area contributed by atoms with Gasteiger partial charge in [0.15, 0.2) is 5.82 Å². The topological polar surface area (TPSA) is 58.4 Å². The standard InChI is InChI=1S/C12H19N3O2/c1-14-8-6-13-11(12(14)17)15(7-3-9-16)10-4-2-5-10/h6,8,10,16H,2-5,7,9H2,1H3. The minimum Gasteiger partial charge on any atom is -0.396 e. The normalized spacial score (nSPS) is 15.6. The van der Waals surface area contributed by atoms with Gasteiger partial charge in [-0.25, -0.2) is 4.98 Å². The molecule has 1 aliphatic rings. The molecule has 1 heterocycles. The maximum atomic E-state index is 12.0. The summed E-state index contributed by atoms with van der Waals surface area (Å²) in [4.78, 5) is 18.3. The van der Waals surface area contributed by atoms with Crippen LogP contribution in [0.15, 0.2) is 17.2 Å². The van der Waals surface area contributed by atoms with E-state index >= 15 is 0 Å². The summed E-state index contributed by atoms with van der Waals surface area (Å²) in [6.07, 6.45) is 7.44. The number of aryl methyl sites for hydroxylation is 1. The zero-order chi connectivity index (χ0) is 12.3. The molecule has 0 aromatic carbocycles. The fourth-order valence-electron chi connectivity index (χ4n) is 2.08. The van der Waals surface area contributed by atoms with Crippen molar-refractivity contribution in [1.82, 2.24) is 9.55 Å². The molecule has 1 N–H and O–H groups in total. The maximum absolute atomic E-state index is 12.0. The molecule has 94 valence electrons. The molecular weight excluding hydrogens is 218 g/mol. The van der Waals surface area contributed by atoms with Gasteiger partial charge in [0.25, 0.3) is 5.56 Å². The van der Waals surface area contributed by atoms with Crippen LogP contribution in [0.5, 0.6) is 0 Å². The second-order valence-corrected chi connectivity index (χ2v) is 4.52. The Labute approximate surface area is 101 Å². The predicted molar refractivity (Wildman–Crippen MR) is 66.2 cm³/mol. The summed E-state index contributed by atoms with van der Waals surface area (Å²) >= 11 is 0. The molecule has 0 unspecified atom stereocenters. The van der Waals surface area contributed by atoms with E-state index in [0.29, 0.717) is 24.8 Å². The Morgan fingerprint density at radius 3 is 2.94 bits per heavy atom. The van der Waals surface area contributed by atoms with Crippen molar-refractivity contribution in [2.45, 2.75) is 31.7 Å². The van der Waals surface area contributed by atoms with E-state index in [4.69, 9.17) is 5.11 Å². The Balaban J connectivity index is 2.24. The Hall–Kier alpha value is -1.36. The molecule has 17 heavy (non-hydrogen) atoms. The lowest BCUT2D eigenvalue weighted by molar-refractivity contribution is 0.282. The number of aliphatic hydroxyl groups is 1. The van der Waals surface area contributed by atoms with Gasteiger partial charge in [0, 0.05) is 38.6 Å². The van der Waals surface area contributed by atoms with E-state index in [1.165, 1.54) is 6.42 Å². The van der Waals surface area contributed by atoms with Crippen molar-refractivity contribution >= 4 is 5.82 Å². The van der Waals surface area contributed by atoms with E-state index in [-0.39, 0.29) is 12.2 Å². The quantitative estimate of drug-likeness (QED) is 0.811. The minimum absolute atomic E-state index is 0.0580. The number of rotatable bonds is 5. The number of hydrogen-bond donors (Lipinski definition) is 1. The van der Waals surface area contributed by atoms with E-state index in [0.717, 1.165) is 12.8 Å². The van der Waals surface area contributed by atoms with E-state index in [1.54, 1.807) is 24.0 Å². The van der Waals surface area contributed by atoms with Gasteiger partial charge >= 0.3 is 0 Å². The van der Waals surface area contributed by atoms with Crippen LogP contribution in [0.3, 0.4) is 0 Å². The van der Waals surface area contributed by atoms with Crippen molar-refractivity contribution in [2.75, 3.05) is 18.1 Å². The molecule has 0 spiro atoms. The number of hydrogen-bond acceptors (Lipinski definition) is 4. The SMILES string of the molecule is Cn1ccnc(N(CCCO)C2CCC2)c1=O. The molecule has 1 aromatic rings. The third-order valence-corrected chi connectivity index (χ3v) is 3.34. The molecule has 0 bridgehead atoms. The van der Waals surface area contributed by atoms with E-state index in [9.17, 15) is 4.79 Å². The van der Waals surface area contributed by atoms with Crippen molar-refractivity contribution in [3.05, 3.63) is 22.7 Å². The van der Waals surface area contributed by atoms with Crippen molar-refractivity contribution in [3.8, 4) is 0 Å². The molecule has 0 atom stereocenters. The van der Waals surface area contributed by atoms with E-state index in [1.807, 2.05) is 0 Å². The van der Waals surface area contributed by atoms with Crippen molar-refractivity contribution in [1.29, 1.82) is 0 Å². The molecule has 5 heteroatoms. The number of aromatic nitrogens is 2. The van der Waals surface area contributed by atoms with Crippen LogP contribution in [0.4, 0.5) is 5.82 Å². The Kier molecular flexibility index (Phi) is 3.78. The predicted octanol–water partition coefficient (Wildman–Crippen LogP) is 0.522. The Morgan fingerprint density at radius 1 is 1.59 bits per heavy atom. The summed E-state index contributed by atoms with van der Waals surface area (Å²) in [5.74, 6) is 0.521. The second kappa shape index (κ2) is 5.31. The Morgan fingerprint density at radius 2 is 2.35 bits per heavy atom. The van der Waals surface area contributed by atoms with Gasteiger partial charge in [0.2, 0.25) is 0 Å². The van der Waals surface area contributed by atoms with E-state index in [2.05, 4.69) is 9.88 Å². The van der Waals surface area contributed by atoms with Gasteiger partial charge in [-0.15, -0.1) is 0 Å². The average Bonchev–Trinajstić information content (AvgIpc) is 2.26.